The van der Waals surface area contributed by atoms with Crippen LogP contribution in [0.1, 0.15) is 44.5 Å². The van der Waals surface area contributed by atoms with Crippen molar-refractivity contribution in [1.82, 2.24) is 9.97 Å². The molecule has 1 heterocycles. The molecule has 0 aliphatic heterocycles. The lowest BCUT2D eigenvalue weighted by Crippen LogP contribution is -2.27. The maximum Gasteiger partial charge on any atom is 0.255 e. The molecule has 0 radical (unpaired) electrons. The zero-order valence-electron chi connectivity index (χ0n) is 12.9. The molecule has 0 atom stereocenters. The number of nitrogens with one attached hydrogen (secondary N) is 1. The molecule has 0 aliphatic carbocycles. The van der Waals surface area contributed by atoms with Gasteiger partial charge in [0.2, 0.25) is 0 Å². The molecule has 114 valence electrons. The molecule has 0 saturated carbocycles. The third-order valence-electron chi connectivity index (χ3n) is 2.97. The number of halogens is 2. The number of rotatable bonds is 7. The third-order valence-corrected chi connectivity index (χ3v) is 2.97. The van der Waals surface area contributed by atoms with Gasteiger partial charge in [0, 0.05) is 25.1 Å². The van der Waals surface area contributed by atoms with Crippen molar-refractivity contribution in [3.8, 4) is 0 Å². The molecule has 0 spiro atoms. The molecule has 0 unspecified atom stereocenters. The summed E-state index contributed by atoms with van der Waals surface area (Å²) in [5.41, 5.74) is 0.811. The largest absolute Gasteiger partial charge is 0.370 e. The normalized spacial score (nSPS) is 11.2. The van der Waals surface area contributed by atoms with Gasteiger partial charge in [0.25, 0.3) is 6.43 Å². The highest BCUT2D eigenvalue weighted by Crippen LogP contribution is 2.25. The summed E-state index contributed by atoms with van der Waals surface area (Å²) in [4.78, 5) is 10.4. The van der Waals surface area contributed by atoms with Gasteiger partial charge >= 0.3 is 0 Å². The van der Waals surface area contributed by atoms with Gasteiger partial charge in [-0.3, -0.25) is 0 Å². The molecule has 1 aromatic heterocycles. The second-order valence-electron chi connectivity index (χ2n) is 5.23. The lowest BCUT2D eigenvalue weighted by molar-refractivity contribution is 0.156. The lowest BCUT2D eigenvalue weighted by atomic mass is 10.2. The fourth-order valence-corrected chi connectivity index (χ4v) is 1.86. The SMILES string of the molecule is CCCNc1nc(C(C)C)nc(N(C)CC(F)F)c1C. The summed E-state index contributed by atoms with van der Waals surface area (Å²) in [7, 11) is 1.63. The van der Waals surface area contributed by atoms with Crippen molar-refractivity contribution in [2.24, 2.45) is 0 Å². The molecular formula is C14H24F2N4. The smallest absolute Gasteiger partial charge is 0.255 e. The molecule has 0 fully saturated rings. The minimum Gasteiger partial charge on any atom is -0.370 e. The van der Waals surface area contributed by atoms with Crippen LogP contribution in [0, 0.1) is 6.92 Å². The predicted octanol–water partition coefficient (Wildman–Crippen LogP) is 3.43. The topological polar surface area (TPSA) is 41.1 Å². The van der Waals surface area contributed by atoms with E-state index in [-0.39, 0.29) is 12.5 Å². The number of alkyl halides is 2. The summed E-state index contributed by atoms with van der Waals surface area (Å²) in [5, 5.41) is 3.24. The van der Waals surface area contributed by atoms with E-state index < -0.39 is 6.43 Å². The summed E-state index contributed by atoms with van der Waals surface area (Å²) < 4.78 is 25.1. The Hall–Kier alpha value is -1.46. The van der Waals surface area contributed by atoms with Crippen LogP contribution in [0.15, 0.2) is 0 Å². The van der Waals surface area contributed by atoms with Crippen LogP contribution >= 0.6 is 0 Å². The van der Waals surface area contributed by atoms with Crippen molar-refractivity contribution in [2.75, 3.05) is 30.4 Å². The van der Waals surface area contributed by atoms with Crippen LogP contribution in [0.5, 0.6) is 0 Å². The first-order valence-electron chi connectivity index (χ1n) is 6.98. The van der Waals surface area contributed by atoms with Crippen LogP contribution in [-0.4, -0.2) is 36.5 Å². The van der Waals surface area contributed by atoms with E-state index in [2.05, 4.69) is 22.2 Å². The van der Waals surface area contributed by atoms with Crippen LogP contribution in [0.2, 0.25) is 0 Å². The second-order valence-corrected chi connectivity index (χ2v) is 5.23. The van der Waals surface area contributed by atoms with Gasteiger partial charge in [-0.1, -0.05) is 20.8 Å². The molecule has 1 N–H and O–H groups in total. The molecular weight excluding hydrogens is 262 g/mol. The van der Waals surface area contributed by atoms with Crippen LogP contribution in [0.25, 0.3) is 0 Å². The van der Waals surface area contributed by atoms with E-state index in [0.29, 0.717) is 11.6 Å². The number of anilines is 2. The van der Waals surface area contributed by atoms with Crippen molar-refractivity contribution >= 4 is 11.6 Å². The molecule has 0 aliphatic rings. The predicted molar refractivity (Wildman–Crippen MR) is 78.9 cm³/mol. The Morgan fingerprint density at radius 2 is 1.90 bits per heavy atom. The Balaban J connectivity index is 3.16. The van der Waals surface area contributed by atoms with Gasteiger partial charge in [0.05, 0.1) is 6.54 Å². The third kappa shape index (κ3) is 4.28. The molecule has 0 amide bonds. The average molecular weight is 286 g/mol. The van der Waals surface area contributed by atoms with E-state index in [0.717, 1.165) is 24.3 Å². The van der Waals surface area contributed by atoms with Gasteiger partial charge < -0.3 is 10.2 Å². The molecule has 6 heteroatoms. The van der Waals surface area contributed by atoms with Gasteiger partial charge in [-0.15, -0.1) is 0 Å². The number of hydrogen-bond donors (Lipinski definition) is 1. The van der Waals surface area contributed by atoms with Crippen molar-refractivity contribution < 1.29 is 8.78 Å². The van der Waals surface area contributed by atoms with E-state index in [1.807, 2.05) is 20.8 Å². The standard InChI is InChI=1S/C14H24F2N4/c1-6-7-17-13-10(4)14(20(5)8-11(15)16)19-12(18-13)9(2)3/h9,11H,6-8H2,1-5H3,(H,17,18,19). The Bertz CT molecular complexity index is 435. The summed E-state index contributed by atoms with van der Waals surface area (Å²) in [6, 6.07) is 0. The van der Waals surface area contributed by atoms with Gasteiger partial charge in [-0.05, 0) is 13.3 Å². The van der Waals surface area contributed by atoms with E-state index >= 15 is 0 Å². The number of nitrogens with zero attached hydrogens (tertiary/aromatic N) is 3. The Morgan fingerprint density at radius 1 is 1.25 bits per heavy atom. The first-order valence-corrected chi connectivity index (χ1v) is 6.98. The quantitative estimate of drug-likeness (QED) is 0.833. The Kier molecular flexibility index (Phi) is 6.10. The molecule has 0 bridgehead atoms. The molecule has 0 aromatic carbocycles. The van der Waals surface area contributed by atoms with Crippen molar-refractivity contribution in [1.29, 1.82) is 0 Å². The zero-order chi connectivity index (χ0) is 15.3. The summed E-state index contributed by atoms with van der Waals surface area (Å²) in [6.07, 6.45) is -1.41. The van der Waals surface area contributed by atoms with Crippen molar-refractivity contribution in [2.45, 2.75) is 46.5 Å². The Morgan fingerprint density at radius 3 is 2.40 bits per heavy atom. The monoisotopic (exact) mass is 286 g/mol. The summed E-state index contributed by atoms with van der Waals surface area (Å²) in [5.74, 6) is 2.13. The summed E-state index contributed by atoms with van der Waals surface area (Å²) in [6.45, 7) is 8.38. The lowest BCUT2D eigenvalue weighted by Gasteiger charge is -2.23. The first kappa shape index (κ1) is 16.6. The maximum atomic E-state index is 12.6. The van der Waals surface area contributed by atoms with E-state index in [1.165, 1.54) is 4.90 Å². The summed E-state index contributed by atoms with van der Waals surface area (Å²) >= 11 is 0. The van der Waals surface area contributed by atoms with Crippen molar-refractivity contribution in [3.05, 3.63) is 11.4 Å². The number of hydrogen-bond acceptors (Lipinski definition) is 4. The first-order chi connectivity index (χ1) is 9.36. The highest BCUT2D eigenvalue weighted by Gasteiger charge is 2.18. The van der Waals surface area contributed by atoms with Gasteiger partial charge in [-0.25, -0.2) is 18.7 Å². The van der Waals surface area contributed by atoms with E-state index in [4.69, 9.17) is 0 Å². The van der Waals surface area contributed by atoms with Gasteiger partial charge in [0.1, 0.15) is 17.5 Å². The number of aromatic nitrogens is 2. The molecule has 4 nitrogen and oxygen atoms in total. The molecule has 20 heavy (non-hydrogen) atoms. The molecule has 1 rings (SSSR count). The fourth-order valence-electron chi connectivity index (χ4n) is 1.86. The minimum absolute atomic E-state index is 0.150. The molecule has 1 aromatic rings. The van der Waals surface area contributed by atoms with Crippen LogP contribution in [0.3, 0.4) is 0 Å². The van der Waals surface area contributed by atoms with E-state index in [9.17, 15) is 8.78 Å². The van der Waals surface area contributed by atoms with Gasteiger partial charge in [-0.2, -0.15) is 0 Å². The Labute approximate surface area is 119 Å². The minimum atomic E-state index is -2.39. The van der Waals surface area contributed by atoms with E-state index in [1.54, 1.807) is 7.05 Å². The van der Waals surface area contributed by atoms with Crippen molar-refractivity contribution in [3.63, 3.8) is 0 Å². The van der Waals surface area contributed by atoms with Gasteiger partial charge in [0.15, 0.2) is 0 Å². The maximum absolute atomic E-state index is 12.6. The highest BCUT2D eigenvalue weighted by atomic mass is 19.3. The van der Waals surface area contributed by atoms with Crippen LogP contribution < -0.4 is 10.2 Å². The fraction of sp³-hybridized carbons (Fsp3) is 0.714. The second kappa shape index (κ2) is 7.36. The average Bonchev–Trinajstić information content (AvgIpc) is 2.36. The van der Waals surface area contributed by atoms with Crippen LogP contribution in [-0.2, 0) is 0 Å². The highest BCUT2D eigenvalue weighted by molar-refractivity contribution is 5.58. The zero-order valence-corrected chi connectivity index (χ0v) is 12.9. The van der Waals surface area contributed by atoms with Crippen LogP contribution in [0.4, 0.5) is 20.4 Å². The molecule has 0 saturated heterocycles.